The van der Waals surface area contributed by atoms with Crippen molar-refractivity contribution >= 4 is 0 Å². The van der Waals surface area contributed by atoms with E-state index in [2.05, 4.69) is 29.6 Å². The highest BCUT2D eigenvalue weighted by Gasteiger charge is 2.23. The molecule has 1 N–H and O–H groups in total. The van der Waals surface area contributed by atoms with Crippen LogP contribution in [-0.2, 0) is 6.42 Å². The first kappa shape index (κ1) is 13.0. The van der Waals surface area contributed by atoms with E-state index in [1.54, 1.807) is 14.2 Å². The molecule has 2 aromatic rings. The molecule has 1 aliphatic heterocycles. The summed E-state index contributed by atoms with van der Waals surface area (Å²) in [6.07, 6.45) is 1.01. The molecule has 3 rings (SSSR count). The van der Waals surface area contributed by atoms with Gasteiger partial charge in [0.25, 0.3) is 0 Å². The number of ether oxygens (including phenoxy) is 2. The lowest BCUT2D eigenvalue weighted by Gasteiger charge is -2.28. The van der Waals surface area contributed by atoms with Gasteiger partial charge in [0.05, 0.1) is 20.3 Å². The van der Waals surface area contributed by atoms with Crippen LogP contribution >= 0.6 is 0 Å². The summed E-state index contributed by atoms with van der Waals surface area (Å²) in [5.74, 6) is 1.87. The summed E-state index contributed by atoms with van der Waals surface area (Å²) < 4.78 is 10.7. The summed E-state index contributed by atoms with van der Waals surface area (Å²) in [5.41, 5.74) is 3.87. The van der Waals surface area contributed by atoms with Crippen molar-refractivity contribution in [1.29, 1.82) is 0 Å². The molecule has 0 aromatic heterocycles. The maximum Gasteiger partial charge on any atom is 0.122 e. The van der Waals surface area contributed by atoms with Crippen LogP contribution in [0.1, 0.15) is 22.7 Å². The molecule has 0 amide bonds. The Balaban J connectivity index is 2.00. The van der Waals surface area contributed by atoms with Crippen molar-refractivity contribution in [2.24, 2.45) is 0 Å². The minimum absolute atomic E-state index is 0.222. The molecule has 0 radical (unpaired) electrons. The van der Waals surface area contributed by atoms with Gasteiger partial charge in [-0.1, -0.05) is 24.3 Å². The predicted octanol–water partition coefficient (Wildman–Crippen LogP) is 2.94. The summed E-state index contributed by atoms with van der Waals surface area (Å²) in [4.78, 5) is 0. The highest BCUT2D eigenvalue weighted by Crippen LogP contribution is 2.34. The third-order valence-electron chi connectivity index (χ3n) is 3.87. The van der Waals surface area contributed by atoms with Gasteiger partial charge in [0.2, 0.25) is 0 Å². The molecule has 0 spiro atoms. The lowest BCUT2D eigenvalue weighted by Crippen LogP contribution is -2.30. The molecule has 3 nitrogen and oxygen atoms in total. The largest absolute Gasteiger partial charge is 0.497 e. The van der Waals surface area contributed by atoms with Crippen LogP contribution in [-0.4, -0.2) is 20.8 Å². The van der Waals surface area contributed by atoms with Gasteiger partial charge in [-0.15, -0.1) is 0 Å². The number of benzene rings is 2. The first-order chi connectivity index (χ1) is 9.83. The number of hydrogen-bond acceptors (Lipinski definition) is 3. The zero-order valence-corrected chi connectivity index (χ0v) is 11.8. The fraction of sp³-hybridized carbons (Fsp3) is 0.294. The number of methoxy groups -OCH3 is 2. The monoisotopic (exact) mass is 269 g/mol. The molecule has 0 aliphatic carbocycles. The molecule has 20 heavy (non-hydrogen) atoms. The number of hydrogen-bond donors (Lipinski definition) is 1. The van der Waals surface area contributed by atoms with Gasteiger partial charge in [-0.3, -0.25) is 0 Å². The smallest absolute Gasteiger partial charge is 0.122 e. The van der Waals surface area contributed by atoms with Crippen LogP contribution in [0.3, 0.4) is 0 Å². The normalized spacial score (nSPS) is 17.4. The molecule has 0 saturated carbocycles. The van der Waals surface area contributed by atoms with Crippen molar-refractivity contribution in [1.82, 2.24) is 5.32 Å². The van der Waals surface area contributed by atoms with E-state index in [1.807, 2.05) is 18.2 Å². The first-order valence-corrected chi connectivity index (χ1v) is 6.86. The molecular formula is C17H19NO2. The molecule has 0 fully saturated rings. The van der Waals surface area contributed by atoms with E-state index in [0.717, 1.165) is 24.5 Å². The van der Waals surface area contributed by atoms with Gasteiger partial charge in [-0.25, -0.2) is 0 Å². The topological polar surface area (TPSA) is 30.5 Å². The van der Waals surface area contributed by atoms with Crippen LogP contribution < -0.4 is 14.8 Å². The SMILES string of the molecule is COc1ccc(C2NCCc3c(OC)cccc32)cc1. The zero-order chi connectivity index (χ0) is 13.9. The third-order valence-corrected chi connectivity index (χ3v) is 3.87. The van der Waals surface area contributed by atoms with E-state index in [1.165, 1.54) is 16.7 Å². The maximum atomic E-state index is 5.49. The molecule has 0 saturated heterocycles. The van der Waals surface area contributed by atoms with Crippen LogP contribution in [0.4, 0.5) is 0 Å². The maximum absolute atomic E-state index is 5.49. The first-order valence-electron chi connectivity index (χ1n) is 6.86. The fourth-order valence-electron chi connectivity index (χ4n) is 2.86. The average Bonchev–Trinajstić information content (AvgIpc) is 2.54. The van der Waals surface area contributed by atoms with Crippen molar-refractivity contribution in [2.45, 2.75) is 12.5 Å². The Labute approximate surface area is 119 Å². The van der Waals surface area contributed by atoms with Gasteiger partial charge in [-0.2, -0.15) is 0 Å². The van der Waals surface area contributed by atoms with Gasteiger partial charge in [0, 0.05) is 12.1 Å². The highest BCUT2D eigenvalue weighted by molar-refractivity contribution is 5.47. The van der Waals surface area contributed by atoms with Gasteiger partial charge in [0.1, 0.15) is 11.5 Å². The van der Waals surface area contributed by atoms with Crippen molar-refractivity contribution < 1.29 is 9.47 Å². The molecule has 3 heteroatoms. The molecule has 2 aromatic carbocycles. The Bertz CT molecular complexity index is 592. The summed E-state index contributed by atoms with van der Waals surface area (Å²) in [7, 11) is 3.42. The zero-order valence-electron chi connectivity index (χ0n) is 11.8. The second-order valence-corrected chi connectivity index (χ2v) is 4.94. The second-order valence-electron chi connectivity index (χ2n) is 4.94. The van der Waals surface area contributed by atoms with E-state index in [4.69, 9.17) is 9.47 Å². The molecule has 1 atom stereocenters. The minimum Gasteiger partial charge on any atom is -0.497 e. The Hall–Kier alpha value is -2.00. The summed E-state index contributed by atoms with van der Waals surface area (Å²) >= 11 is 0. The van der Waals surface area contributed by atoms with E-state index in [9.17, 15) is 0 Å². The average molecular weight is 269 g/mol. The second kappa shape index (κ2) is 5.55. The summed E-state index contributed by atoms with van der Waals surface area (Å²) in [6, 6.07) is 14.7. The minimum atomic E-state index is 0.222. The van der Waals surface area contributed by atoms with Crippen LogP contribution in [0.5, 0.6) is 11.5 Å². The van der Waals surface area contributed by atoms with Gasteiger partial charge < -0.3 is 14.8 Å². The number of rotatable bonds is 3. The van der Waals surface area contributed by atoms with Crippen molar-refractivity contribution in [3.8, 4) is 11.5 Å². The molecule has 1 unspecified atom stereocenters. The summed E-state index contributed by atoms with van der Waals surface area (Å²) in [6.45, 7) is 0.962. The van der Waals surface area contributed by atoms with E-state index in [0.29, 0.717) is 0 Å². The third kappa shape index (κ3) is 2.25. The molecular weight excluding hydrogens is 250 g/mol. The van der Waals surface area contributed by atoms with E-state index in [-0.39, 0.29) is 6.04 Å². The van der Waals surface area contributed by atoms with Gasteiger partial charge >= 0.3 is 0 Å². The van der Waals surface area contributed by atoms with E-state index >= 15 is 0 Å². The van der Waals surface area contributed by atoms with Crippen molar-refractivity contribution in [3.05, 3.63) is 59.2 Å². The van der Waals surface area contributed by atoms with Crippen LogP contribution in [0.15, 0.2) is 42.5 Å². The number of fused-ring (bicyclic) bond motifs is 1. The molecule has 104 valence electrons. The van der Waals surface area contributed by atoms with E-state index < -0.39 is 0 Å². The van der Waals surface area contributed by atoms with Gasteiger partial charge in [0.15, 0.2) is 0 Å². The summed E-state index contributed by atoms with van der Waals surface area (Å²) in [5, 5.41) is 3.58. The Kier molecular flexibility index (Phi) is 3.61. The van der Waals surface area contributed by atoms with Crippen LogP contribution in [0.25, 0.3) is 0 Å². The number of nitrogens with one attached hydrogen (secondary N) is 1. The lowest BCUT2D eigenvalue weighted by atomic mass is 9.89. The molecule has 0 bridgehead atoms. The van der Waals surface area contributed by atoms with Crippen LogP contribution in [0, 0.1) is 0 Å². The quantitative estimate of drug-likeness (QED) is 0.929. The Morgan fingerprint density at radius 1 is 1.00 bits per heavy atom. The Morgan fingerprint density at radius 2 is 1.80 bits per heavy atom. The van der Waals surface area contributed by atoms with Crippen molar-refractivity contribution in [2.75, 3.05) is 20.8 Å². The predicted molar refractivity (Wildman–Crippen MR) is 79.5 cm³/mol. The standard InChI is InChI=1S/C17H19NO2/c1-19-13-8-6-12(7-9-13)17-15-4-3-5-16(20-2)14(15)10-11-18-17/h3-9,17-18H,10-11H2,1-2H3. The highest BCUT2D eigenvalue weighted by atomic mass is 16.5. The fourth-order valence-corrected chi connectivity index (χ4v) is 2.86. The van der Waals surface area contributed by atoms with Gasteiger partial charge in [-0.05, 0) is 35.7 Å². The molecule has 1 aliphatic rings. The van der Waals surface area contributed by atoms with Crippen LogP contribution in [0.2, 0.25) is 0 Å². The lowest BCUT2D eigenvalue weighted by molar-refractivity contribution is 0.403. The van der Waals surface area contributed by atoms with Crippen molar-refractivity contribution in [3.63, 3.8) is 0 Å². The molecule has 1 heterocycles. The Morgan fingerprint density at radius 3 is 2.50 bits per heavy atom.